The number of nitrogen functional groups attached to an aromatic ring is 1. The summed E-state index contributed by atoms with van der Waals surface area (Å²) in [6, 6.07) is 15.1. The van der Waals surface area contributed by atoms with E-state index in [-0.39, 0.29) is 0 Å². The Kier molecular flexibility index (Phi) is 5.76. The predicted molar refractivity (Wildman–Crippen MR) is 84.1 cm³/mol. The second-order valence-electron chi connectivity index (χ2n) is 4.50. The van der Waals surface area contributed by atoms with Gasteiger partial charge in [0.25, 0.3) is 0 Å². The molecule has 0 unspecified atom stereocenters. The molecule has 0 fully saturated rings. The quantitative estimate of drug-likeness (QED) is 0.596. The van der Waals surface area contributed by atoms with Crippen LogP contribution in [0.4, 0.5) is 5.69 Å². The summed E-state index contributed by atoms with van der Waals surface area (Å²) in [7, 11) is 0. The molecule has 0 amide bonds. The third-order valence-electron chi connectivity index (χ3n) is 2.82. The van der Waals surface area contributed by atoms with Crippen LogP contribution in [-0.4, -0.2) is 19.8 Å². The fourth-order valence-corrected chi connectivity index (χ4v) is 1.88. The Balaban J connectivity index is 1.72. The normalized spacial score (nSPS) is 10.1. The van der Waals surface area contributed by atoms with Gasteiger partial charge in [-0.25, -0.2) is 0 Å². The van der Waals surface area contributed by atoms with E-state index in [0.29, 0.717) is 25.5 Å². The topological polar surface area (TPSA) is 53.7 Å². The minimum atomic E-state index is 0.576. The van der Waals surface area contributed by atoms with Gasteiger partial charge in [-0.2, -0.15) is 0 Å². The Labute approximate surface area is 125 Å². The van der Waals surface area contributed by atoms with Crippen LogP contribution in [0.25, 0.3) is 0 Å². The van der Waals surface area contributed by atoms with Gasteiger partial charge in [-0.1, -0.05) is 18.2 Å². The Bertz CT molecular complexity index is 557. The SMILES string of the molecule is CCOc1ccccc1OCCCOc1cccc(N)c1. The summed E-state index contributed by atoms with van der Waals surface area (Å²) in [6.07, 6.45) is 0.787. The summed E-state index contributed by atoms with van der Waals surface area (Å²) < 4.78 is 16.8. The molecule has 0 saturated heterocycles. The van der Waals surface area contributed by atoms with E-state index in [9.17, 15) is 0 Å². The third kappa shape index (κ3) is 4.91. The molecule has 0 spiro atoms. The number of ether oxygens (including phenoxy) is 3. The van der Waals surface area contributed by atoms with Crippen molar-refractivity contribution >= 4 is 5.69 Å². The second-order valence-corrected chi connectivity index (χ2v) is 4.50. The Morgan fingerprint density at radius 3 is 2.29 bits per heavy atom. The number of anilines is 1. The maximum absolute atomic E-state index is 5.72. The predicted octanol–water partition coefficient (Wildman–Crippen LogP) is 3.52. The molecule has 2 aromatic carbocycles. The van der Waals surface area contributed by atoms with E-state index in [4.69, 9.17) is 19.9 Å². The molecule has 0 aliphatic rings. The van der Waals surface area contributed by atoms with Gasteiger partial charge >= 0.3 is 0 Å². The number of para-hydroxylation sites is 2. The van der Waals surface area contributed by atoms with Crippen LogP contribution in [0.5, 0.6) is 17.2 Å². The molecular weight excluding hydrogens is 266 g/mol. The molecule has 0 heterocycles. The van der Waals surface area contributed by atoms with E-state index < -0.39 is 0 Å². The minimum Gasteiger partial charge on any atom is -0.493 e. The first kappa shape index (κ1) is 15.0. The van der Waals surface area contributed by atoms with Crippen molar-refractivity contribution in [1.82, 2.24) is 0 Å². The van der Waals surface area contributed by atoms with Gasteiger partial charge in [0.15, 0.2) is 11.5 Å². The van der Waals surface area contributed by atoms with Crippen molar-refractivity contribution < 1.29 is 14.2 Å². The lowest BCUT2D eigenvalue weighted by Gasteiger charge is -2.12. The molecule has 0 atom stereocenters. The smallest absolute Gasteiger partial charge is 0.161 e. The van der Waals surface area contributed by atoms with Crippen molar-refractivity contribution in [3.63, 3.8) is 0 Å². The van der Waals surface area contributed by atoms with E-state index >= 15 is 0 Å². The highest BCUT2D eigenvalue weighted by Crippen LogP contribution is 2.26. The van der Waals surface area contributed by atoms with E-state index in [0.717, 1.165) is 23.7 Å². The van der Waals surface area contributed by atoms with Gasteiger partial charge in [0, 0.05) is 18.2 Å². The Morgan fingerprint density at radius 2 is 1.57 bits per heavy atom. The van der Waals surface area contributed by atoms with Gasteiger partial charge in [0.2, 0.25) is 0 Å². The maximum Gasteiger partial charge on any atom is 0.161 e. The fraction of sp³-hybridized carbons (Fsp3) is 0.294. The molecule has 0 aromatic heterocycles. The lowest BCUT2D eigenvalue weighted by atomic mass is 10.3. The zero-order valence-electron chi connectivity index (χ0n) is 12.2. The van der Waals surface area contributed by atoms with Crippen molar-refractivity contribution in [1.29, 1.82) is 0 Å². The van der Waals surface area contributed by atoms with Crippen LogP contribution in [0.1, 0.15) is 13.3 Å². The molecule has 4 nitrogen and oxygen atoms in total. The summed E-state index contributed by atoms with van der Waals surface area (Å²) in [5.74, 6) is 2.32. The van der Waals surface area contributed by atoms with Crippen LogP contribution in [0.3, 0.4) is 0 Å². The van der Waals surface area contributed by atoms with Crippen molar-refractivity contribution in [3.05, 3.63) is 48.5 Å². The summed E-state index contributed by atoms with van der Waals surface area (Å²) in [5, 5.41) is 0. The largest absolute Gasteiger partial charge is 0.493 e. The zero-order valence-corrected chi connectivity index (χ0v) is 12.2. The first-order valence-corrected chi connectivity index (χ1v) is 7.12. The molecule has 0 bridgehead atoms. The van der Waals surface area contributed by atoms with Crippen molar-refractivity contribution in [2.24, 2.45) is 0 Å². The van der Waals surface area contributed by atoms with Crippen LogP contribution < -0.4 is 19.9 Å². The van der Waals surface area contributed by atoms with Crippen LogP contribution >= 0.6 is 0 Å². The monoisotopic (exact) mass is 287 g/mol. The third-order valence-corrected chi connectivity index (χ3v) is 2.82. The van der Waals surface area contributed by atoms with Crippen molar-refractivity contribution in [3.8, 4) is 17.2 Å². The van der Waals surface area contributed by atoms with Gasteiger partial charge < -0.3 is 19.9 Å². The van der Waals surface area contributed by atoms with Crippen LogP contribution in [-0.2, 0) is 0 Å². The number of hydrogen-bond acceptors (Lipinski definition) is 4. The summed E-state index contributed by atoms with van der Waals surface area (Å²) in [4.78, 5) is 0. The Morgan fingerprint density at radius 1 is 0.857 bits per heavy atom. The van der Waals surface area contributed by atoms with E-state index in [1.807, 2.05) is 55.5 Å². The summed E-state index contributed by atoms with van der Waals surface area (Å²) in [6.45, 7) is 3.74. The molecule has 21 heavy (non-hydrogen) atoms. The second kappa shape index (κ2) is 8.04. The fourth-order valence-electron chi connectivity index (χ4n) is 1.88. The zero-order chi connectivity index (χ0) is 14.9. The molecule has 112 valence electrons. The molecule has 2 aromatic rings. The lowest BCUT2D eigenvalue weighted by Crippen LogP contribution is -2.06. The molecule has 4 heteroatoms. The molecule has 2 rings (SSSR count). The van der Waals surface area contributed by atoms with Crippen molar-refractivity contribution in [2.45, 2.75) is 13.3 Å². The number of nitrogens with two attached hydrogens (primary N) is 1. The van der Waals surface area contributed by atoms with Crippen LogP contribution in [0.15, 0.2) is 48.5 Å². The molecule has 2 N–H and O–H groups in total. The number of rotatable bonds is 8. The number of hydrogen-bond donors (Lipinski definition) is 1. The Hall–Kier alpha value is -2.36. The molecular formula is C17H21NO3. The molecule has 0 saturated carbocycles. The molecule has 0 radical (unpaired) electrons. The van der Waals surface area contributed by atoms with Gasteiger partial charge in [0.05, 0.1) is 19.8 Å². The first-order valence-electron chi connectivity index (χ1n) is 7.12. The molecule has 0 aliphatic heterocycles. The lowest BCUT2D eigenvalue weighted by molar-refractivity contribution is 0.236. The highest BCUT2D eigenvalue weighted by Gasteiger charge is 2.03. The van der Waals surface area contributed by atoms with E-state index in [1.54, 1.807) is 0 Å². The highest BCUT2D eigenvalue weighted by atomic mass is 16.5. The van der Waals surface area contributed by atoms with E-state index in [2.05, 4.69) is 0 Å². The van der Waals surface area contributed by atoms with Crippen molar-refractivity contribution in [2.75, 3.05) is 25.6 Å². The molecule has 0 aliphatic carbocycles. The summed E-state index contributed by atoms with van der Waals surface area (Å²) in [5.41, 5.74) is 6.39. The average molecular weight is 287 g/mol. The standard InChI is InChI=1S/C17H21NO3/c1-2-19-16-9-3-4-10-17(16)21-12-6-11-20-15-8-5-7-14(18)13-15/h3-5,7-10,13H,2,6,11-12,18H2,1H3. The van der Waals surface area contributed by atoms with Gasteiger partial charge in [0.1, 0.15) is 5.75 Å². The van der Waals surface area contributed by atoms with Gasteiger partial charge in [-0.3, -0.25) is 0 Å². The van der Waals surface area contributed by atoms with E-state index in [1.165, 1.54) is 0 Å². The van der Waals surface area contributed by atoms with Gasteiger partial charge in [-0.05, 0) is 31.2 Å². The average Bonchev–Trinajstić information content (AvgIpc) is 2.49. The van der Waals surface area contributed by atoms with Crippen LogP contribution in [0.2, 0.25) is 0 Å². The van der Waals surface area contributed by atoms with Crippen LogP contribution in [0, 0.1) is 0 Å². The van der Waals surface area contributed by atoms with Gasteiger partial charge in [-0.15, -0.1) is 0 Å². The summed E-state index contributed by atoms with van der Waals surface area (Å²) >= 11 is 0. The maximum atomic E-state index is 5.72. The minimum absolute atomic E-state index is 0.576. The first-order chi connectivity index (χ1) is 10.3. The number of benzene rings is 2. The highest BCUT2D eigenvalue weighted by molar-refractivity contribution is 5.43.